The van der Waals surface area contributed by atoms with Crippen molar-refractivity contribution in [2.24, 2.45) is 7.05 Å². The molecule has 30 heavy (non-hydrogen) atoms. The molecule has 0 aromatic carbocycles. The highest BCUT2D eigenvalue weighted by atomic mass is 32.2. The van der Waals surface area contributed by atoms with Crippen LogP contribution in [0.2, 0.25) is 0 Å². The predicted octanol–water partition coefficient (Wildman–Crippen LogP) is -0.448. The standard InChI is InChI=1S/C16H17N5O8S/c1-6-11(21(27)28)9(18-19(6)3)13(23)17-10-14(24)20-12(16(25)26)8(4-29-7(2)22)5-30-15(10)20/h10,15H,4-5H2,1-3H3,(H,17,23)(H,25,26). The van der Waals surface area contributed by atoms with Gasteiger partial charge in [0, 0.05) is 25.3 Å². The molecule has 160 valence electrons. The Morgan fingerprint density at radius 2 is 2.10 bits per heavy atom. The summed E-state index contributed by atoms with van der Waals surface area (Å²) in [5.74, 6) is -3.38. The number of carboxylic acids is 1. The fraction of sp³-hybridized carbons (Fsp3) is 0.438. The molecule has 1 fully saturated rings. The van der Waals surface area contributed by atoms with Crippen LogP contribution in [-0.2, 0) is 26.2 Å². The molecule has 2 unspecified atom stereocenters. The smallest absolute Gasteiger partial charge is 0.352 e. The molecule has 3 rings (SSSR count). The van der Waals surface area contributed by atoms with E-state index in [0.29, 0.717) is 0 Å². The molecule has 2 aliphatic rings. The molecule has 1 aromatic heterocycles. The number of hydrogen-bond acceptors (Lipinski definition) is 9. The van der Waals surface area contributed by atoms with Gasteiger partial charge in [-0.15, -0.1) is 11.8 Å². The Morgan fingerprint density at radius 3 is 2.67 bits per heavy atom. The van der Waals surface area contributed by atoms with Crippen LogP contribution in [0.1, 0.15) is 23.1 Å². The fourth-order valence-corrected chi connectivity index (χ4v) is 4.49. The van der Waals surface area contributed by atoms with Crippen LogP contribution in [0.15, 0.2) is 11.3 Å². The molecule has 0 bridgehead atoms. The lowest BCUT2D eigenvalue weighted by Gasteiger charge is -2.49. The molecule has 13 nitrogen and oxygen atoms in total. The van der Waals surface area contributed by atoms with E-state index in [1.807, 2.05) is 0 Å². The third kappa shape index (κ3) is 3.49. The maximum absolute atomic E-state index is 12.6. The van der Waals surface area contributed by atoms with Gasteiger partial charge in [-0.1, -0.05) is 0 Å². The number of rotatable bonds is 6. The Morgan fingerprint density at radius 1 is 1.43 bits per heavy atom. The number of nitro groups is 1. The molecule has 2 aliphatic heterocycles. The van der Waals surface area contributed by atoms with Crippen molar-refractivity contribution >= 4 is 41.2 Å². The molecule has 2 amide bonds. The number of thioether (sulfide) groups is 1. The molecular weight excluding hydrogens is 422 g/mol. The van der Waals surface area contributed by atoms with Crippen molar-refractivity contribution < 1.29 is 33.9 Å². The molecule has 2 atom stereocenters. The highest BCUT2D eigenvalue weighted by Gasteiger charge is 2.54. The summed E-state index contributed by atoms with van der Waals surface area (Å²) >= 11 is 1.18. The Bertz CT molecular complexity index is 1020. The highest BCUT2D eigenvalue weighted by Crippen LogP contribution is 2.40. The van der Waals surface area contributed by atoms with Crippen LogP contribution in [0.5, 0.6) is 0 Å². The fourth-order valence-electron chi connectivity index (χ4n) is 3.16. The first-order chi connectivity index (χ1) is 14.0. The lowest BCUT2D eigenvalue weighted by molar-refractivity contribution is -0.385. The number of hydrogen-bond donors (Lipinski definition) is 2. The number of esters is 1. The number of carbonyl (C=O) groups excluding carboxylic acids is 3. The summed E-state index contributed by atoms with van der Waals surface area (Å²) in [7, 11) is 1.45. The first kappa shape index (κ1) is 21.3. The van der Waals surface area contributed by atoms with Gasteiger partial charge in [-0.25, -0.2) is 4.79 Å². The van der Waals surface area contributed by atoms with Crippen molar-refractivity contribution in [1.29, 1.82) is 0 Å². The van der Waals surface area contributed by atoms with Gasteiger partial charge in [0.2, 0.25) is 5.69 Å². The molecule has 1 saturated heterocycles. The molecule has 0 radical (unpaired) electrons. The Kier molecular flexibility index (Phi) is 5.52. The first-order valence-electron chi connectivity index (χ1n) is 8.56. The normalized spacial score (nSPS) is 20.4. The van der Waals surface area contributed by atoms with Crippen LogP contribution >= 0.6 is 11.8 Å². The number of aliphatic carboxylic acids is 1. The van der Waals surface area contributed by atoms with Crippen molar-refractivity contribution in [1.82, 2.24) is 20.0 Å². The molecule has 0 spiro atoms. The van der Waals surface area contributed by atoms with Crippen LogP contribution in [0.25, 0.3) is 0 Å². The van der Waals surface area contributed by atoms with E-state index in [0.717, 1.165) is 4.90 Å². The van der Waals surface area contributed by atoms with E-state index in [-0.39, 0.29) is 29.3 Å². The number of nitrogens with zero attached hydrogens (tertiary/aromatic N) is 4. The van der Waals surface area contributed by atoms with Crippen molar-refractivity contribution in [3.63, 3.8) is 0 Å². The quantitative estimate of drug-likeness (QED) is 0.256. The SMILES string of the molecule is CC(=O)OCC1=C(C(=O)O)N2C(=O)C(NC(=O)c3nn(C)c(C)c3[N+](=O)[O-])C2SC1. The van der Waals surface area contributed by atoms with Crippen LogP contribution < -0.4 is 5.32 Å². The predicted molar refractivity (Wildman–Crippen MR) is 100 cm³/mol. The molecule has 2 N–H and O–H groups in total. The zero-order valence-corrected chi connectivity index (χ0v) is 16.9. The third-order valence-corrected chi connectivity index (χ3v) is 6.03. The maximum atomic E-state index is 12.6. The molecular formula is C16H17N5O8S. The van der Waals surface area contributed by atoms with Gasteiger partial charge in [-0.2, -0.15) is 5.10 Å². The van der Waals surface area contributed by atoms with Crippen LogP contribution in [0, 0.1) is 17.0 Å². The second-order valence-corrected chi connectivity index (χ2v) is 7.67. The van der Waals surface area contributed by atoms with E-state index in [1.165, 1.54) is 37.3 Å². The summed E-state index contributed by atoms with van der Waals surface area (Å²) in [5.41, 5.74) is -0.769. The number of aryl methyl sites for hydroxylation is 1. The summed E-state index contributed by atoms with van der Waals surface area (Å²) < 4.78 is 6.03. The van der Waals surface area contributed by atoms with Crippen molar-refractivity contribution in [3.05, 3.63) is 32.8 Å². The van der Waals surface area contributed by atoms with Crippen molar-refractivity contribution in [3.8, 4) is 0 Å². The second kappa shape index (κ2) is 7.78. The van der Waals surface area contributed by atoms with Gasteiger partial charge >= 0.3 is 17.6 Å². The minimum Gasteiger partial charge on any atom is -0.477 e. The number of carbonyl (C=O) groups is 4. The minimum atomic E-state index is -1.36. The monoisotopic (exact) mass is 439 g/mol. The van der Waals surface area contributed by atoms with E-state index in [2.05, 4.69) is 10.4 Å². The van der Waals surface area contributed by atoms with Crippen LogP contribution in [0.4, 0.5) is 5.69 Å². The van der Waals surface area contributed by atoms with Crippen LogP contribution in [-0.4, -0.2) is 72.2 Å². The number of carboxylic acid groups (broad SMARTS) is 1. The van der Waals surface area contributed by atoms with Gasteiger partial charge in [0.25, 0.3) is 11.8 Å². The third-order valence-electron chi connectivity index (χ3n) is 4.69. The van der Waals surface area contributed by atoms with Gasteiger partial charge in [0.1, 0.15) is 29.4 Å². The topological polar surface area (TPSA) is 174 Å². The number of fused-ring (bicyclic) bond motifs is 1. The summed E-state index contributed by atoms with van der Waals surface area (Å²) in [6.07, 6.45) is 0. The second-order valence-electron chi connectivity index (χ2n) is 6.56. The van der Waals surface area contributed by atoms with Crippen LogP contribution in [0.3, 0.4) is 0 Å². The van der Waals surface area contributed by atoms with E-state index < -0.39 is 51.5 Å². The number of aromatic nitrogens is 2. The average molecular weight is 439 g/mol. The molecule has 0 saturated carbocycles. The molecule has 14 heteroatoms. The Hall–Kier alpha value is -3.42. The van der Waals surface area contributed by atoms with E-state index in [9.17, 15) is 34.4 Å². The average Bonchev–Trinajstić information content (AvgIpc) is 2.98. The van der Waals surface area contributed by atoms with E-state index in [1.54, 1.807) is 0 Å². The van der Waals surface area contributed by atoms with E-state index in [4.69, 9.17) is 4.74 Å². The first-order valence-corrected chi connectivity index (χ1v) is 9.61. The van der Waals surface area contributed by atoms with Gasteiger partial charge < -0.3 is 15.2 Å². The Labute approximate surface area is 173 Å². The van der Waals surface area contributed by atoms with Crippen molar-refractivity contribution in [2.45, 2.75) is 25.3 Å². The van der Waals surface area contributed by atoms with Gasteiger partial charge in [0.15, 0.2) is 0 Å². The molecule has 0 aliphatic carbocycles. The molecule has 3 heterocycles. The number of ether oxygens (including phenoxy) is 1. The van der Waals surface area contributed by atoms with Gasteiger partial charge in [0.05, 0.1) is 4.92 Å². The van der Waals surface area contributed by atoms with Gasteiger partial charge in [-0.3, -0.25) is 34.1 Å². The summed E-state index contributed by atoms with van der Waals surface area (Å²) in [5, 5.41) is 26.3. The highest BCUT2D eigenvalue weighted by molar-refractivity contribution is 8.00. The lowest BCUT2D eigenvalue weighted by atomic mass is 10.0. The van der Waals surface area contributed by atoms with Crippen molar-refractivity contribution in [2.75, 3.05) is 12.4 Å². The number of β-lactam (4-membered cyclic amide) rings is 1. The largest absolute Gasteiger partial charge is 0.477 e. The summed E-state index contributed by atoms with van der Waals surface area (Å²) in [6, 6.07) is -1.07. The summed E-state index contributed by atoms with van der Waals surface area (Å²) in [4.78, 5) is 59.4. The zero-order valence-electron chi connectivity index (χ0n) is 16.1. The number of nitrogens with one attached hydrogen (secondary N) is 1. The Balaban J connectivity index is 1.81. The lowest BCUT2D eigenvalue weighted by Crippen LogP contribution is -2.70. The maximum Gasteiger partial charge on any atom is 0.352 e. The summed E-state index contributed by atoms with van der Waals surface area (Å²) in [6.45, 7) is 2.35. The number of amides is 2. The zero-order chi connectivity index (χ0) is 22.3. The minimum absolute atomic E-state index is 0.165. The van der Waals surface area contributed by atoms with Gasteiger partial charge in [-0.05, 0) is 6.92 Å². The van der Waals surface area contributed by atoms with E-state index >= 15 is 0 Å². The molecule has 1 aromatic rings.